The van der Waals surface area contributed by atoms with Crippen LogP contribution < -0.4 is 10.6 Å². The molecule has 3 aromatic rings. The van der Waals surface area contributed by atoms with Crippen molar-refractivity contribution in [3.63, 3.8) is 0 Å². The molecule has 0 bridgehead atoms. The molecule has 2 amide bonds. The van der Waals surface area contributed by atoms with Crippen molar-refractivity contribution in [1.29, 1.82) is 0 Å². The smallest absolute Gasteiger partial charge is 0.318 e. The third kappa shape index (κ3) is 6.63. The number of carbonyl (C=O) groups excluding carboxylic acids is 1. The number of urea groups is 1. The minimum absolute atomic E-state index is 0.0163. The molecule has 8 nitrogen and oxygen atoms in total. The highest BCUT2D eigenvalue weighted by atomic mass is 19.1. The van der Waals surface area contributed by atoms with Crippen molar-refractivity contribution < 1.29 is 27.8 Å². The van der Waals surface area contributed by atoms with Gasteiger partial charge >= 0.3 is 6.03 Å². The van der Waals surface area contributed by atoms with Gasteiger partial charge in [-0.1, -0.05) is 30.3 Å². The number of nitrogens with one attached hydrogen (secondary N) is 2. The van der Waals surface area contributed by atoms with Crippen LogP contribution in [-0.2, 0) is 11.3 Å². The van der Waals surface area contributed by atoms with Crippen LogP contribution in [0.15, 0.2) is 54.7 Å². The molecule has 3 heterocycles. The molecule has 0 spiro atoms. The molecule has 2 fully saturated rings. The van der Waals surface area contributed by atoms with Crippen molar-refractivity contribution >= 4 is 6.03 Å². The number of alkyl halides is 1. The second kappa shape index (κ2) is 12.8. The number of benzene rings is 2. The fraction of sp³-hybridized carbons (Fsp3) is 0.484. The number of ether oxygens (including phenoxy) is 1. The van der Waals surface area contributed by atoms with Crippen LogP contribution in [0.1, 0.15) is 44.1 Å². The monoisotopic (exact) mass is 585 g/mol. The molecule has 2 aliphatic rings. The van der Waals surface area contributed by atoms with Crippen molar-refractivity contribution in [3.05, 3.63) is 77.8 Å². The largest absolute Gasteiger partial charge is 0.387 e. The summed E-state index contributed by atoms with van der Waals surface area (Å²) in [6.45, 7) is 5.02. The highest BCUT2D eigenvalue weighted by molar-refractivity contribution is 5.75. The SMILES string of the molecule is CC(C)NC(=O)N(C[C@@H]1CNC[C@@H]1F)C(c1nc(-c2cc(F)ccc2F)cn1Cc1ccccc1)C1(O)CCOCC1. The van der Waals surface area contributed by atoms with Gasteiger partial charge < -0.3 is 29.9 Å². The van der Waals surface area contributed by atoms with E-state index in [2.05, 4.69) is 10.6 Å². The van der Waals surface area contributed by atoms with Gasteiger partial charge in [-0.25, -0.2) is 22.9 Å². The summed E-state index contributed by atoms with van der Waals surface area (Å²) in [5.74, 6) is -1.49. The topological polar surface area (TPSA) is 91.7 Å². The Morgan fingerprint density at radius 3 is 2.60 bits per heavy atom. The Morgan fingerprint density at radius 2 is 1.93 bits per heavy atom. The number of amides is 2. The van der Waals surface area contributed by atoms with E-state index < -0.39 is 41.4 Å². The molecular weight excluding hydrogens is 547 g/mol. The van der Waals surface area contributed by atoms with E-state index in [9.17, 15) is 23.1 Å². The molecule has 2 saturated heterocycles. The van der Waals surface area contributed by atoms with Gasteiger partial charge in [0, 0.05) is 76.0 Å². The lowest BCUT2D eigenvalue weighted by Crippen LogP contribution is -2.56. The van der Waals surface area contributed by atoms with E-state index in [-0.39, 0.29) is 56.4 Å². The first-order chi connectivity index (χ1) is 20.1. The third-order valence-electron chi connectivity index (χ3n) is 7.99. The summed E-state index contributed by atoms with van der Waals surface area (Å²) in [5, 5.41) is 18.2. The molecule has 42 heavy (non-hydrogen) atoms. The lowest BCUT2D eigenvalue weighted by molar-refractivity contribution is -0.111. The predicted octanol–water partition coefficient (Wildman–Crippen LogP) is 4.44. The van der Waals surface area contributed by atoms with E-state index in [1.54, 1.807) is 10.8 Å². The number of rotatable bonds is 9. The number of hydrogen-bond acceptors (Lipinski definition) is 5. The number of aliphatic hydroxyl groups is 1. The van der Waals surface area contributed by atoms with Crippen molar-refractivity contribution in [2.45, 2.75) is 57.1 Å². The van der Waals surface area contributed by atoms with Crippen LogP contribution in [0, 0.1) is 17.6 Å². The maximum atomic E-state index is 15.0. The Labute approximate surface area is 243 Å². The van der Waals surface area contributed by atoms with Gasteiger partial charge in [0.15, 0.2) is 0 Å². The number of halogens is 3. The van der Waals surface area contributed by atoms with Crippen LogP contribution in [0.4, 0.5) is 18.0 Å². The van der Waals surface area contributed by atoms with Gasteiger partial charge in [-0.15, -0.1) is 0 Å². The average molecular weight is 586 g/mol. The molecule has 5 rings (SSSR count). The molecule has 1 unspecified atom stereocenters. The normalized spacial score (nSPS) is 20.9. The first kappa shape index (κ1) is 30.1. The lowest BCUT2D eigenvalue weighted by Gasteiger charge is -2.45. The van der Waals surface area contributed by atoms with Crippen molar-refractivity contribution in [2.24, 2.45) is 5.92 Å². The lowest BCUT2D eigenvalue weighted by atomic mass is 9.84. The number of hydrogen-bond donors (Lipinski definition) is 3. The highest BCUT2D eigenvalue weighted by Crippen LogP contribution is 2.41. The number of imidazole rings is 1. The quantitative estimate of drug-likeness (QED) is 0.346. The van der Waals surface area contributed by atoms with E-state index in [0.717, 1.165) is 23.8 Å². The average Bonchev–Trinajstić information content (AvgIpc) is 3.55. The Hall–Kier alpha value is -3.41. The van der Waals surface area contributed by atoms with Gasteiger partial charge in [0.2, 0.25) is 0 Å². The fourth-order valence-corrected chi connectivity index (χ4v) is 5.82. The van der Waals surface area contributed by atoms with Crippen LogP contribution in [0.25, 0.3) is 11.3 Å². The highest BCUT2D eigenvalue weighted by Gasteiger charge is 2.48. The van der Waals surface area contributed by atoms with E-state index in [1.807, 2.05) is 44.2 Å². The van der Waals surface area contributed by atoms with E-state index >= 15 is 0 Å². The molecule has 0 aliphatic carbocycles. The van der Waals surface area contributed by atoms with Gasteiger partial charge in [-0.05, 0) is 37.6 Å². The second-order valence-corrected chi connectivity index (χ2v) is 11.5. The zero-order chi connectivity index (χ0) is 29.9. The predicted molar refractivity (Wildman–Crippen MR) is 152 cm³/mol. The van der Waals surface area contributed by atoms with Gasteiger partial charge in [0.25, 0.3) is 0 Å². The number of carbonyl (C=O) groups is 1. The maximum Gasteiger partial charge on any atom is 0.318 e. The van der Waals surface area contributed by atoms with Gasteiger partial charge in [0.1, 0.15) is 29.7 Å². The van der Waals surface area contributed by atoms with Crippen LogP contribution in [-0.4, -0.2) is 76.3 Å². The van der Waals surface area contributed by atoms with Gasteiger partial charge in [0.05, 0.1) is 11.3 Å². The van der Waals surface area contributed by atoms with E-state index in [1.165, 1.54) is 4.90 Å². The summed E-state index contributed by atoms with van der Waals surface area (Å²) in [4.78, 5) is 20.2. The Kier molecular flexibility index (Phi) is 9.19. The molecule has 226 valence electrons. The Balaban J connectivity index is 1.69. The minimum Gasteiger partial charge on any atom is -0.387 e. The number of nitrogens with zero attached hydrogens (tertiary/aromatic N) is 3. The first-order valence-electron chi connectivity index (χ1n) is 14.4. The molecule has 2 aromatic carbocycles. The molecule has 0 radical (unpaired) electrons. The zero-order valence-electron chi connectivity index (χ0n) is 23.9. The molecule has 1 aromatic heterocycles. The fourth-order valence-electron chi connectivity index (χ4n) is 5.82. The molecule has 3 atom stereocenters. The van der Waals surface area contributed by atoms with Crippen LogP contribution in [0.5, 0.6) is 0 Å². The first-order valence-corrected chi connectivity index (χ1v) is 14.4. The van der Waals surface area contributed by atoms with Crippen LogP contribution >= 0.6 is 0 Å². The minimum atomic E-state index is -1.48. The van der Waals surface area contributed by atoms with Crippen molar-refractivity contribution in [2.75, 3.05) is 32.8 Å². The van der Waals surface area contributed by atoms with Gasteiger partial charge in [-0.2, -0.15) is 0 Å². The summed E-state index contributed by atoms with van der Waals surface area (Å²) >= 11 is 0. The van der Waals surface area contributed by atoms with Crippen LogP contribution in [0.2, 0.25) is 0 Å². The molecule has 0 saturated carbocycles. The van der Waals surface area contributed by atoms with E-state index in [0.29, 0.717) is 18.9 Å². The van der Waals surface area contributed by atoms with Crippen molar-refractivity contribution in [3.8, 4) is 11.3 Å². The molecule has 3 N–H and O–H groups in total. The summed E-state index contributed by atoms with van der Waals surface area (Å²) in [5.41, 5.74) is -0.458. The Morgan fingerprint density at radius 1 is 1.19 bits per heavy atom. The van der Waals surface area contributed by atoms with E-state index in [4.69, 9.17) is 9.72 Å². The Bertz CT molecular complexity index is 1360. The maximum absolute atomic E-state index is 15.0. The van der Waals surface area contributed by atoms with Crippen LogP contribution in [0.3, 0.4) is 0 Å². The standard InChI is InChI=1S/C31H38F3N5O3/c1-20(2)36-30(40)39(18-22-15-35-16-26(22)34)28(31(41)10-12-42-13-11-31)29-37-27(24-14-23(32)8-9-25(24)33)19-38(29)17-21-6-4-3-5-7-21/h3-9,14,19-20,22,26,28,35,41H,10-13,15-18H2,1-2H3,(H,36,40)/t22-,26-,28?/m0/s1. The summed E-state index contributed by atoms with van der Waals surface area (Å²) in [6.07, 6.45) is 0.842. The summed E-state index contributed by atoms with van der Waals surface area (Å²) in [7, 11) is 0. The molecular formula is C31H38F3N5O3. The second-order valence-electron chi connectivity index (χ2n) is 11.5. The third-order valence-corrected chi connectivity index (χ3v) is 7.99. The summed E-state index contributed by atoms with van der Waals surface area (Å²) < 4.78 is 51.5. The molecule has 11 heteroatoms. The zero-order valence-corrected chi connectivity index (χ0v) is 23.9. The van der Waals surface area contributed by atoms with Crippen molar-refractivity contribution in [1.82, 2.24) is 25.1 Å². The summed E-state index contributed by atoms with van der Waals surface area (Å²) in [6, 6.07) is 10.9. The van der Waals surface area contributed by atoms with Gasteiger partial charge in [-0.3, -0.25) is 0 Å². The molecule has 2 aliphatic heterocycles. The number of aromatic nitrogens is 2.